The lowest BCUT2D eigenvalue weighted by Gasteiger charge is -2.43. The second kappa shape index (κ2) is 11.0. The Morgan fingerprint density at radius 3 is 1.71 bits per heavy atom. The molecule has 0 aromatic heterocycles. The van der Waals surface area contributed by atoms with Crippen LogP contribution in [0.4, 0.5) is 0 Å². The molecule has 1 fully saturated rings. The molecule has 0 spiro atoms. The minimum Gasteiger partial charge on any atom is -0.455 e. The molecule has 0 aliphatic carbocycles. The molecule has 28 heavy (non-hydrogen) atoms. The molecular weight excluding hydrogens is 425 g/mol. The molecule has 1 aliphatic rings. The van der Waals surface area contributed by atoms with Crippen molar-refractivity contribution in [1.82, 2.24) is 0 Å². The third kappa shape index (κ3) is 7.87. The summed E-state index contributed by atoms with van der Waals surface area (Å²) in [6.45, 7) is 3.99. The standard InChI is InChI=1S/C15H19Cl2NO10/c1-6(19)24-11-10(5-23-18-15(16)17)28-14(27-9(4)22)13(26-8(3)21)12(11)25-7(2)20/h10-14H,5H2,1-4H3/t10-,11+,12-,13-,14-/m1/s1. The van der Waals surface area contributed by atoms with Crippen molar-refractivity contribution in [3.05, 3.63) is 0 Å². The Bertz CT molecular complexity index is 636. The van der Waals surface area contributed by atoms with Crippen molar-refractivity contribution >= 4 is 51.7 Å². The average Bonchev–Trinajstić information content (AvgIpc) is 2.51. The summed E-state index contributed by atoms with van der Waals surface area (Å²) in [5, 5.41) is 3.30. The van der Waals surface area contributed by atoms with Gasteiger partial charge in [-0.15, -0.1) is 0 Å². The van der Waals surface area contributed by atoms with E-state index in [1.54, 1.807) is 0 Å². The summed E-state index contributed by atoms with van der Waals surface area (Å²) in [6.07, 6.45) is -6.71. The van der Waals surface area contributed by atoms with Gasteiger partial charge >= 0.3 is 23.9 Å². The molecule has 1 saturated heterocycles. The highest BCUT2D eigenvalue weighted by molar-refractivity contribution is 6.95. The van der Waals surface area contributed by atoms with E-state index < -0.39 is 59.2 Å². The van der Waals surface area contributed by atoms with Gasteiger partial charge in [-0.1, -0.05) is 5.16 Å². The van der Waals surface area contributed by atoms with Crippen LogP contribution in [0.1, 0.15) is 27.7 Å². The zero-order chi connectivity index (χ0) is 21.4. The Morgan fingerprint density at radius 1 is 0.786 bits per heavy atom. The number of oxime groups is 1. The SMILES string of the molecule is CC(=O)O[C@@H]1O[C@H](CON=C(Cl)Cl)[C@H](OC(C)=O)[C@@H](OC(C)=O)[C@H]1OC(C)=O. The van der Waals surface area contributed by atoms with Crippen molar-refractivity contribution in [3.63, 3.8) is 0 Å². The molecule has 11 nitrogen and oxygen atoms in total. The highest BCUT2D eigenvalue weighted by Gasteiger charge is 2.53. The van der Waals surface area contributed by atoms with Gasteiger partial charge in [0.25, 0.3) is 0 Å². The predicted octanol–water partition coefficient (Wildman–Crippen LogP) is 0.835. The van der Waals surface area contributed by atoms with Gasteiger partial charge in [0.05, 0.1) is 0 Å². The zero-order valence-electron chi connectivity index (χ0n) is 15.4. The van der Waals surface area contributed by atoms with Crippen LogP contribution < -0.4 is 0 Å². The zero-order valence-corrected chi connectivity index (χ0v) is 16.9. The Hall–Kier alpha value is -2.11. The van der Waals surface area contributed by atoms with Crippen LogP contribution in [0.25, 0.3) is 0 Å². The number of hydrogen-bond donors (Lipinski definition) is 0. The van der Waals surface area contributed by atoms with Gasteiger partial charge in [0.1, 0.15) is 12.7 Å². The smallest absolute Gasteiger partial charge is 0.305 e. The van der Waals surface area contributed by atoms with Crippen molar-refractivity contribution in [2.75, 3.05) is 6.61 Å². The van der Waals surface area contributed by atoms with E-state index in [9.17, 15) is 19.2 Å². The van der Waals surface area contributed by atoms with E-state index in [4.69, 9.17) is 51.7 Å². The van der Waals surface area contributed by atoms with E-state index in [2.05, 4.69) is 5.16 Å². The maximum Gasteiger partial charge on any atom is 0.305 e. The molecule has 1 heterocycles. The van der Waals surface area contributed by atoms with Crippen molar-refractivity contribution < 1.29 is 47.7 Å². The molecule has 0 radical (unpaired) electrons. The first-order chi connectivity index (χ1) is 13.0. The molecule has 13 heteroatoms. The minimum absolute atomic E-state index is 0.386. The van der Waals surface area contributed by atoms with Gasteiger partial charge in [0.15, 0.2) is 12.2 Å². The number of esters is 4. The fourth-order valence-electron chi connectivity index (χ4n) is 2.41. The molecule has 0 N–H and O–H groups in total. The number of rotatable bonds is 7. The maximum absolute atomic E-state index is 11.6. The summed E-state index contributed by atoms with van der Waals surface area (Å²) < 4.78 is 25.6. The molecule has 1 aliphatic heterocycles. The molecule has 5 atom stereocenters. The van der Waals surface area contributed by atoms with Gasteiger partial charge < -0.3 is 28.5 Å². The number of halogens is 2. The van der Waals surface area contributed by atoms with Crippen LogP contribution in [0, 0.1) is 0 Å². The third-order valence-corrected chi connectivity index (χ3v) is 3.29. The van der Waals surface area contributed by atoms with E-state index in [1.807, 2.05) is 0 Å². The van der Waals surface area contributed by atoms with Crippen LogP contribution >= 0.6 is 23.2 Å². The number of carbonyl (C=O) groups is 4. The lowest BCUT2D eigenvalue weighted by molar-refractivity contribution is -0.301. The highest BCUT2D eigenvalue weighted by atomic mass is 35.5. The minimum atomic E-state index is -1.48. The van der Waals surface area contributed by atoms with Gasteiger partial charge in [-0.3, -0.25) is 19.2 Å². The Kier molecular flexibility index (Phi) is 9.42. The number of nitrogens with zero attached hydrogens (tertiary/aromatic N) is 1. The first-order valence-corrected chi connectivity index (χ1v) is 8.62. The normalized spacial score (nSPS) is 26.4. The summed E-state index contributed by atoms with van der Waals surface area (Å²) >= 11 is 10.7. The quantitative estimate of drug-likeness (QED) is 0.240. The van der Waals surface area contributed by atoms with Crippen molar-refractivity contribution in [2.45, 2.75) is 58.4 Å². The Morgan fingerprint density at radius 2 is 1.25 bits per heavy atom. The van der Waals surface area contributed by atoms with Crippen molar-refractivity contribution in [3.8, 4) is 0 Å². The highest BCUT2D eigenvalue weighted by Crippen LogP contribution is 2.30. The van der Waals surface area contributed by atoms with Crippen LogP contribution in [0.5, 0.6) is 0 Å². The molecule has 1 rings (SSSR count). The molecule has 158 valence electrons. The van der Waals surface area contributed by atoms with Crippen LogP contribution in [0.3, 0.4) is 0 Å². The van der Waals surface area contributed by atoms with Gasteiger partial charge in [-0.2, -0.15) is 0 Å². The monoisotopic (exact) mass is 443 g/mol. The van der Waals surface area contributed by atoms with E-state index in [0.717, 1.165) is 27.7 Å². The third-order valence-electron chi connectivity index (χ3n) is 3.15. The second-order valence-corrected chi connectivity index (χ2v) is 6.41. The maximum atomic E-state index is 11.6. The molecule has 0 unspecified atom stereocenters. The number of hydrogen-bond acceptors (Lipinski definition) is 11. The van der Waals surface area contributed by atoms with Crippen LogP contribution in [0.15, 0.2) is 5.16 Å². The molecular formula is C15H19Cl2NO10. The Balaban J connectivity index is 3.27. The van der Waals surface area contributed by atoms with E-state index in [-0.39, 0.29) is 6.61 Å². The van der Waals surface area contributed by atoms with Gasteiger partial charge in [-0.25, -0.2) is 0 Å². The van der Waals surface area contributed by atoms with Gasteiger partial charge in [0.2, 0.25) is 17.0 Å². The molecule has 0 aromatic carbocycles. The number of carbonyl (C=O) groups excluding carboxylic acids is 4. The summed E-state index contributed by atoms with van der Waals surface area (Å²) in [7, 11) is 0. The lowest BCUT2D eigenvalue weighted by Crippen LogP contribution is -2.63. The fourth-order valence-corrected chi connectivity index (χ4v) is 2.50. The van der Waals surface area contributed by atoms with Crippen LogP contribution in [-0.2, 0) is 47.7 Å². The number of ether oxygens (including phenoxy) is 5. The van der Waals surface area contributed by atoms with Crippen LogP contribution in [-0.4, -0.2) is 65.8 Å². The first kappa shape index (κ1) is 23.9. The van der Waals surface area contributed by atoms with E-state index in [1.165, 1.54) is 0 Å². The summed E-state index contributed by atoms with van der Waals surface area (Å²) in [4.78, 5) is 50.9. The van der Waals surface area contributed by atoms with Gasteiger partial charge in [0, 0.05) is 27.7 Å². The first-order valence-electron chi connectivity index (χ1n) is 7.86. The van der Waals surface area contributed by atoms with E-state index in [0.29, 0.717) is 0 Å². The summed E-state index contributed by atoms with van der Waals surface area (Å²) in [5.74, 6) is -3.07. The average molecular weight is 444 g/mol. The Labute approximate surface area is 170 Å². The molecule has 0 bridgehead atoms. The molecule has 0 aromatic rings. The topological polar surface area (TPSA) is 136 Å². The lowest BCUT2D eigenvalue weighted by atomic mass is 9.98. The van der Waals surface area contributed by atoms with Crippen molar-refractivity contribution in [1.29, 1.82) is 0 Å². The largest absolute Gasteiger partial charge is 0.455 e. The summed E-state index contributed by atoms with van der Waals surface area (Å²) in [5.41, 5.74) is 0. The van der Waals surface area contributed by atoms with Gasteiger partial charge in [-0.05, 0) is 23.2 Å². The molecule has 0 saturated carbocycles. The summed E-state index contributed by atoms with van der Waals surface area (Å²) in [6, 6.07) is 0. The predicted molar refractivity (Wildman–Crippen MR) is 92.2 cm³/mol. The van der Waals surface area contributed by atoms with E-state index >= 15 is 0 Å². The fraction of sp³-hybridized carbons (Fsp3) is 0.667. The second-order valence-electron chi connectivity index (χ2n) is 5.50. The van der Waals surface area contributed by atoms with Crippen molar-refractivity contribution in [2.24, 2.45) is 5.16 Å². The molecule has 0 amide bonds. The van der Waals surface area contributed by atoms with Crippen LogP contribution in [0.2, 0.25) is 0 Å².